The van der Waals surface area contributed by atoms with Gasteiger partial charge in [-0.25, -0.2) is 9.37 Å². The molecule has 0 radical (unpaired) electrons. The molecule has 1 aromatic heterocycles. The van der Waals surface area contributed by atoms with E-state index in [-0.39, 0.29) is 11.7 Å². The van der Waals surface area contributed by atoms with Crippen LogP contribution in [0.1, 0.15) is 15.9 Å². The number of anilines is 2. The van der Waals surface area contributed by atoms with E-state index in [1.165, 1.54) is 6.07 Å². The van der Waals surface area contributed by atoms with Crippen LogP contribution in [0.15, 0.2) is 66.9 Å². The van der Waals surface area contributed by atoms with Crippen molar-refractivity contribution >= 4 is 29.0 Å². The van der Waals surface area contributed by atoms with Crippen LogP contribution in [0.2, 0.25) is 5.02 Å². The molecule has 0 bridgehead atoms. The van der Waals surface area contributed by atoms with Crippen molar-refractivity contribution in [2.24, 2.45) is 0 Å². The van der Waals surface area contributed by atoms with Gasteiger partial charge in [-0.1, -0.05) is 35.9 Å². The normalized spacial score (nSPS) is 10.4. The maximum atomic E-state index is 13.6. The van der Waals surface area contributed by atoms with Crippen LogP contribution in [0.25, 0.3) is 0 Å². The lowest BCUT2D eigenvalue weighted by Gasteiger charge is -2.09. The second-order valence-corrected chi connectivity index (χ2v) is 6.10. The molecule has 0 saturated heterocycles. The number of halogens is 2. The summed E-state index contributed by atoms with van der Waals surface area (Å²) >= 11 is 5.92. The molecule has 3 rings (SSSR count). The van der Waals surface area contributed by atoms with Crippen LogP contribution in [-0.4, -0.2) is 17.4 Å². The minimum Gasteiger partial charge on any atom is -0.370 e. The molecule has 1 heterocycles. The van der Waals surface area contributed by atoms with Gasteiger partial charge in [0.05, 0.1) is 0 Å². The molecule has 3 aromatic rings. The Morgan fingerprint density at radius 2 is 1.92 bits per heavy atom. The summed E-state index contributed by atoms with van der Waals surface area (Å²) in [7, 11) is 0. The highest BCUT2D eigenvalue weighted by atomic mass is 35.5. The van der Waals surface area contributed by atoms with Crippen LogP contribution < -0.4 is 10.6 Å². The summed E-state index contributed by atoms with van der Waals surface area (Å²) in [5.41, 5.74) is 1.72. The summed E-state index contributed by atoms with van der Waals surface area (Å²) in [5.74, 6) is 0.0730. The smallest absolute Gasteiger partial charge is 0.255 e. The second-order valence-electron chi connectivity index (χ2n) is 5.66. The van der Waals surface area contributed by atoms with E-state index in [1.54, 1.807) is 60.8 Å². The molecular formula is C20H17ClFN3O. The van der Waals surface area contributed by atoms with E-state index in [1.807, 2.05) is 0 Å². The van der Waals surface area contributed by atoms with Crippen LogP contribution in [0.3, 0.4) is 0 Å². The Balaban J connectivity index is 1.60. The average Bonchev–Trinajstić information content (AvgIpc) is 2.64. The number of nitrogens with zero attached hydrogens (tertiary/aromatic N) is 1. The number of carbonyl (C=O) groups excluding carboxylic acids is 1. The number of pyridine rings is 1. The molecule has 6 heteroatoms. The Kier molecular flexibility index (Phi) is 5.81. The van der Waals surface area contributed by atoms with Gasteiger partial charge in [0.2, 0.25) is 0 Å². The van der Waals surface area contributed by atoms with E-state index < -0.39 is 0 Å². The predicted molar refractivity (Wildman–Crippen MR) is 102 cm³/mol. The van der Waals surface area contributed by atoms with Gasteiger partial charge < -0.3 is 10.6 Å². The van der Waals surface area contributed by atoms with E-state index in [2.05, 4.69) is 15.6 Å². The van der Waals surface area contributed by atoms with Crippen molar-refractivity contribution in [3.8, 4) is 0 Å². The van der Waals surface area contributed by atoms with Crippen molar-refractivity contribution in [1.82, 2.24) is 4.98 Å². The van der Waals surface area contributed by atoms with Crippen LogP contribution in [-0.2, 0) is 6.42 Å². The van der Waals surface area contributed by atoms with Gasteiger partial charge in [-0.05, 0) is 48.4 Å². The molecule has 4 nitrogen and oxygen atoms in total. The Labute approximate surface area is 156 Å². The van der Waals surface area contributed by atoms with Gasteiger partial charge in [0.15, 0.2) is 0 Å². The van der Waals surface area contributed by atoms with Gasteiger partial charge in [0, 0.05) is 29.0 Å². The highest BCUT2D eigenvalue weighted by molar-refractivity contribution is 6.30. The topological polar surface area (TPSA) is 54.0 Å². The van der Waals surface area contributed by atoms with E-state index in [0.29, 0.717) is 40.6 Å². The van der Waals surface area contributed by atoms with Crippen molar-refractivity contribution in [3.05, 3.63) is 88.8 Å². The first-order chi connectivity index (χ1) is 12.6. The lowest BCUT2D eigenvalue weighted by Crippen LogP contribution is -2.13. The number of hydrogen-bond acceptors (Lipinski definition) is 3. The molecule has 0 saturated carbocycles. The Morgan fingerprint density at radius 1 is 1.08 bits per heavy atom. The summed E-state index contributed by atoms with van der Waals surface area (Å²) in [6, 6.07) is 16.9. The lowest BCUT2D eigenvalue weighted by atomic mass is 10.1. The molecule has 2 N–H and O–H groups in total. The molecular weight excluding hydrogens is 353 g/mol. The number of aromatic nitrogens is 1. The summed E-state index contributed by atoms with van der Waals surface area (Å²) in [5, 5.41) is 6.45. The Hall–Kier alpha value is -2.92. The van der Waals surface area contributed by atoms with E-state index >= 15 is 0 Å². The quantitative estimate of drug-likeness (QED) is 0.657. The minimum atomic E-state index is -0.258. The zero-order valence-electron chi connectivity index (χ0n) is 13.9. The number of benzene rings is 2. The third-order valence-corrected chi connectivity index (χ3v) is 4.00. The van der Waals surface area contributed by atoms with Crippen LogP contribution in [0.5, 0.6) is 0 Å². The fourth-order valence-electron chi connectivity index (χ4n) is 2.46. The van der Waals surface area contributed by atoms with E-state index in [0.717, 1.165) is 0 Å². The van der Waals surface area contributed by atoms with E-state index in [4.69, 9.17) is 11.6 Å². The van der Waals surface area contributed by atoms with Crippen molar-refractivity contribution in [1.29, 1.82) is 0 Å². The molecule has 0 aliphatic heterocycles. The molecule has 1 amide bonds. The number of rotatable bonds is 6. The fourth-order valence-corrected chi connectivity index (χ4v) is 2.65. The third-order valence-electron chi connectivity index (χ3n) is 3.76. The Bertz CT molecular complexity index is 917. The van der Waals surface area contributed by atoms with Crippen LogP contribution in [0.4, 0.5) is 15.9 Å². The minimum absolute atomic E-state index is 0.225. The number of hydrogen-bond donors (Lipinski definition) is 2. The summed E-state index contributed by atoms with van der Waals surface area (Å²) in [4.78, 5) is 16.5. The van der Waals surface area contributed by atoms with Gasteiger partial charge in [0.25, 0.3) is 5.91 Å². The average molecular weight is 370 g/mol. The Morgan fingerprint density at radius 3 is 2.73 bits per heavy atom. The van der Waals surface area contributed by atoms with Crippen molar-refractivity contribution in [3.63, 3.8) is 0 Å². The molecule has 0 unspecified atom stereocenters. The van der Waals surface area contributed by atoms with Crippen molar-refractivity contribution in [2.45, 2.75) is 6.42 Å². The van der Waals surface area contributed by atoms with Gasteiger partial charge in [-0.15, -0.1) is 0 Å². The van der Waals surface area contributed by atoms with E-state index in [9.17, 15) is 9.18 Å². The molecule has 0 spiro atoms. The van der Waals surface area contributed by atoms with Crippen LogP contribution in [0, 0.1) is 5.82 Å². The van der Waals surface area contributed by atoms with Crippen molar-refractivity contribution in [2.75, 3.05) is 17.2 Å². The zero-order valence-corrected chi connectivity index (χ0v) is 14.6. The molecule has 0 atom stereocenters. The van der Waals surface area contributed by atoms with Crippen LogP contribution >= 0.6 is 11.6 Å². The summed E-state index contributed by atoms with van der Waals surface area (Å²) in [6.07, 6.45) is 2.08. The first-order valence-corrected chi connectivity index (χ1v) is 8.50. The largest absolute Gasteiger partial charge is 0.370 e. The fraction of sp³-hybridized carbons (Fsp3) is 0.100. The molecule has 26 heavy (non-hydrogen) atoms. The molecule has 2 aromatic carbocycles. The number of amides is 1. The van der Waals surface area contributed by atoms with Gasteiger partial charge in [-0.2, -0.15) is 0 Å². The highest BCUT2D eigenvalue weighted by Gasteiger charge is 2.08. The summed E-state index contributed by atoms with van der Waals surface area (Å²) < 4.78 is 13.6. The molecule has 0 aliphatic rings. The first-order valence-electron chi connectivity index (χ1n) is 8.12. The zero-order chi connectivity index (χ0) is 18.4. The third kappa shape index (κ3) is 4.80. The highest BCUT2D eigenvalue weighted by Crippen LogP contribution is 2.16. The van der Waals surface area contributed by atoms with Crippen molar-refractivity contribution < 1.29 is 9.18 Å². The maximum absolute atomic E-state index is 13.6. The second kappa shape index (κ2) is 8.45. The number of nitrogens with one attached hydrogen (secondary N) is 2. The molecule has 132 valence electrons. The molecule has 0 fully saturated rings. The SMILES string of the molecule is O=C(Nc1cccc(Cl)c1)c1ccnc(NCCc2ccccc2F)c1. The molecule has 0 aliphatic carbocycles. The maximum Gasteiger partial charge on any atom is 0.255 e. The summed E-state index contributed by atoms with van der Waals surface area (Å²) in [6.45, 7) is 0.507. The standard InChI is InChI=1S/C20H17ClFN3O/c21-16-5-3-6-17(13-16)25-20(26)15-9-11-24-19(12-15)23-10-8-14-4-1-2-7-18(14)22/h1-7,9,11-13H,8,10H2,(H,23,24)(H,25,26). The van der Waals surface area contributed by atoms with Gasteiger partial charge in [0.1, 0.15) is 11.6 Å². The predicted octanol–water partition coefficient (Wildman–Crippen LogP) is 4.78. The van der Waals surface area contributed by atoms with Gasteiger partial charge in [-0.3, -0.25) is 4.79 Å². The van der Waals surface area contributed by atoms with Gasteiger partial charge >= 0.3 is 0 Å². The first kappa shape index (κ1) is 17.9. The monoisotopic (exact) mass is 369 g/mol. The number of carbonyl (C=O) groups is 1. The lowest BCUT2D eigenvalue weighted by molar-refractivity contribution is 0.102.